The lowest BCUT2D eigenvalue weighted by molar-refractivity contribution is 0.562. The SMILES string of the molecule is CCNCc1cc(N2CCCC2CC)nc(C(C)(C)C)c1. The Hall–Kier alpha value is -1.09. The number of nitrogens with one attached hydrogen (secondary N) is 1. The van der Waals surface area contributed by atoms with E-state index in [4.69, 9.17) is 4.98 Å². The Morgan fingerprint density at radius 3 is 2.67 bits per heavy atom. The smallest absolute Gasteiger partial charge is 0.129 e. The van der Waals surface area contributed by atoms with E-state index in [1.54, 1.807) is 0 Å². The maximum atomic E-state index is 4.99. The molecule has 1 aromatic rings. The van der Waals surface area contributed by atoms with Gasteiger partial charge in [-0.2, -0.15) is 0 Å². The minimum absolute atomic E-state index is 0.0956. The van der Waals surface area contributed by atoms with Crippen molar-refractivity contribution in [2.45, 2.75) is 71.9 Å². The summed E-state index contributed by atoms with van der Waals surface area (Å²) < 4.78 is 0. The third kappa shape index (κ3) is 3.97. The van der Waals surface area contributed by atoms with E-state index in [0.29, 0.717) is 6.04 Å². The molecule has 3 nitrogen and oxygen atoms in total. The Morgan fingerprint density at radius 2 is 2.05 bits per heavy atom. The van der Waals surface area contributed by atoms with Crippen LogP contribution in [0.3, 0.4) is 0 Å². The van der Waals surface area contributed by atoms with Crippen molar-refractivity contribution in [3.05, 3.63) is 23.4 Å². The van der Waals surface area contributed by atoms with Crippen molar-refractivity contribution in [1.29, 1.82) is 0 Å². The van der Waals surface area contributed by atoms with Crippen molar-refractivity contribution in [2.75, 3.05) is 18.0 Å². The average molecular weight is 289 g/mol. The van der Waals surface area contributed by atoms with Crippen molar-refractivity contribution in [3.8, 4) is 0 Å². The van der Waals surface area contributed by atoms with Crippen LogP contribution in [0.1, 0.15) is 65.1 Å². The van der Waals surface area contributed by atoms with E-state index < -0.39 is 0 Å². The molecule has 1 unspecified atom stereocenters. The van der Waals surface area contributed by atoms with Crippen molar-refractivity contribution < 1.29 is 0 Å². The zero-order valence-corrected chi connectivity index (χ0v) is 14.4. The van der Waals surface area contributed by atoms with Gasteiger partial charge in [0.1, 0.15) is 5.82 Å². The average Bonchev–Trinajstić information content (AvgIpc) is 2.92. The van der Waals surface area contributed by atoms with Crippen molar-refractivity contribution in [1.82, 2.24) is 10.3 Å². The van der Waals surface area contributed by atoms with E-state index in [9.17, 15) is 0 Å². The summed E-state index contributed by atoms with van der Waals surface area (Å²) in [6.07, 6.45) is 3.81. The molecule has 0 aliphatic carbocycles. The van der Waals surface area contributed by atoms with Gasteiger partial charge in [-0.3, -0.25) is 0 Å². The molecular weight excluding hydrogens is 258 g/mol. The fraction of sp³-hybridized carbons (Fsp3) is 0.722. The topological polar surface area (TPSA) is 28.2 Å². The highest BCUT2D eigenvalue weighted by Crippen LogP contribution is 2.30. The molecule has 3 heteroatoms. The minimum atomic E-state index is 0.0956. The van der Waals surface area contributed by atoms with Crippen LogP contribution in [0.25, 0.3) is 0 Å². The summed E-state index contributed by atoms with van der Waals surface area (Å²) in [6.45, 7) is 14.3. The molecule has 1 atom stereocenters. The molecule has 0 saturated carbocycles. The molecule has 1 aliphatic rings. The number of pyridine rings is 1. The van der Waals surface area contributed by atoms with Crippen molar-refractivity contribution in [2.24, 2.45) is 0 Å². The molecule has 0 spiro atoms. The molecule has 1 N–H and O–H groups in total. The monoisotopic (exact) mass is 289 g/mol. The third-order valence-electron chi connectivity index (χ3n) is 4.36. The lowest BCUT2D eigenvalue weighted by atomic mass is 9.90. The maximum absolute atomic E-state index is 4.99. The molecule has 1 fully saturated rings. The highest BCUT2D eigenvalue weighted by atomic mass is 15.2. The van der Waals surface area contributed by atoms with Crippen LogP contribution in [-0.4, -0.2) is 24.1 Å². The Labute approximate surface area is 130 Å². The molecule has 1 saturated heterocycles. The molecule has 0 aromatic carbocycles. The molecule has 2 rings (SSSR count). The Balaban J connectivity index is 2.35. The summed E-state index contributed by atoms with van der Waals surface area (Å²) in [5, 5.41) is 3.44. The molecule has 0 radical (unpaired) electrons. The number of hydrogen-bond acceptors (Lipinski definition) is 3. The van der Waals surface area contributed by atoms with Gasteiger partial charge in [0.2, 0.25) is 0 Å². The summed E-state index contributed by atoms with van der Waals surface area (Å²) in [4.78, 5) is 7.51. The van der Waals surface area contributed by atoms with Gasteiger partial charge in [-0.05, 0) is 43.5 Å². The molecule has 0 bridgehead atoms. The summed E-state index contributed by atoms with van der Waals surface area (Å²) in [5.74, 6) is 1.18. The second-order valence-corrected chi connectivity index (χ2v) is 7.15. The minimum Gasteiger partial charge on any atom is -0.354 e. The quantitative estimate of drug-likeness (QED) is 0.892. The fourth-order valence-corrected chi connectivity index (χ4v) is 3.04. The van der Waals surface area contributed by atoms with E-state index in [1.165, 1.54) is 36.3 Å². The van der Waals surface area contributed by atoms with Crippen LogP contribution in [0.5, 0.6) is 0 Å². The van der Waals surface area contributed by atoms with E-state index in [1.807, 2.05) is 0 Å². The summed E-state index contributed by atoms with van der Waals surface area (Å²) in [6, 6.07) is 5.22. The lowest BCUT2D eigenvalue weighted by Gasteiger charge is -2.28. The molecule has 21 heavy (non-hydrogen) atoms. The van der Waals surface area contributed by atoms with E-state index in [-0.39, 0.29) is 5.41 Å². The zero-order chi connectivity index (χ0) is 15.5. The second kappa shape index (κ2) is 6.78. The second-order valence-electron chi connectivity index (χ2n) is 7.15. The van der Waals surface area contributed by atoms with Gasteiger partial charge >= 0.3 is 0 Å². The Morgan fingerprint density at radius 1 is 1.29 bits per heavy atom. The normalized spacial score (nSPS) is 19.3. The number of anilines is 1. The molecule has 1 aliphatic heterocycles. The van der Waals surface area contributed by atoms with Crippen LogP contribution in [0.4, 0.5) is 5.82 Å². The molecular formula is C18H31N3. The van der Waals surface area contributed by atoms with Crippen LogP contribution in [-0.2, 0) is 12.0 Å². The van der Waals surface area contributed by atoms with Crippen LogP contribution in [0, 0.1) is 0 Å². The highest BCUT2D eigenvalue weighted by Gasteiger charge is 2.26. The van der Waals surface area contributed by atoms with E-state index >= 15 is 0 Å². The van der Waals surface area contributed by atoms with Gasteiger partial charge in [0.15, 0.2) is 0 Å². The summed E-state index contributed by atoms with van der Waals surface area (Å²) in [7, 11) is 0. The highest BCUT2D eigenvalue weighted by molar-refractivity contribution is 5.46. The summed E-state index contributed by atoms with van der Waals surface area (Å²) in [5.41, 5.74) is 2.65. The molecule has 0 amide bonds. The lowest BCUT2D eigenvalue weighted by Crippen LogP contribution is -2.30. The van der Waals surface area contributed by atoms with E-state index in [0.717, 1.165) is 19.6 Å². The van der Waals surface area contributed by atoms with Gasteiger partial charge < -0.3 is 10.2 Å². The van der Waals surface area contributed by atoms with Crippen LogP contribution >= 0.6 is 0 Å². The van der Waals surface area contributed by atoms with Crippen LogP contribution in [0.15, 0.2) is 12.1 Å². The largest absolute Gasteiger partial charge is 0.354 e. The van der Waals surface area contributed by atoms with Gasteiger partial charge in [-0.15, -0.1) is 0 Å². The van der Waals surface area contributed by atoms with Crippen LogP contribution in [0.2, 0.25) is 0 Å². The third-order valence-corrected chi connectivity index (χ3v) is 4.36. The van der Waals surface area contributed by atoms with Gasteiger partial charge in [0.25, 0.3) is 0 Å². The van der Waals surface area contributed by atoms with Gasteiger partial charge in [0.05, 0.1) is 0 Å². The molecule has 1 aromatic heterocycles. The predicted octanol–water partition coefficient (Wildman–Crippen LogP) is 3.87. The first kappa shape index (κ1) is 16.3. The van der Waals surface area contributed by atoms with Gasteiger partial charge in [-0.1, -0.05) is 34.6 Å². The van der Waals surface area contributed by atoms with E-state index in [2.05, 4.69) is 57.0 Å². The van der Waals surface area contributed by atoms with Crippen LogP contribution < -0.4 is 10.2 Å². The number of aromatic nitrogens is 1. The Kier molecular flexibility index (Phi) is 5.26. The first-order chi connectivity index (χ1) is 9.95. The first-order valence-corrected chi connectivity index (χ1v) is 8.44. The predicted molar refractivity (Wildman–Crippen MR) is 91.0 cm³/mol. The standard InChI is InChI=1S/C18H31N3/c1-6-15-9-8-10-21(15)17-12-14(13-19-7-2)11-16(20-17)18(3,4)5/h11-12,15,19H,6-10,13H2,1-5H3. The zero-order valence-electron chi connectivity index (χ0n) is 14.4. The Bertz CT molecular complexity index is 462. The number of hydrogen-bond donors (Lipinski definition) is 1. The van der Waals surface area contributed by atoms with Gasteiger partial charge in [0, 0.05) is 30.2 Å². The number of rotatable bonds is 5. The van der Waals surface area contributed by atoms with Crippen molar-refractivity contribution >= 4 is 5.82 Å². The molecule has 2 heterocycles. The maximum Gasteiger partial charge on any atom is 0.129 e. The van der Waals surface area contributed by atoms with Gasteiger partial charge in [-0.25, -0.2) is 4.98 Å². The fourth-order valence-electron chi connectivity index (χ4n) is 3.04. The molecule has 118 valence electrons. The van der Waals surface area contributed by atoms with Crippen molar-refractivity contribution in [3.63, 3.8) is 0 Å². The first-order valence-electron chi connectivity index (χ1n) is 8.44. The summed E-state index contributed by atoms with van der Waals surface area (Å²) >= 11 is 0. The number of nitrogens with zero attached hydrogens (tertiary/aromatic N) is 2.